The Morgan fingerprint density at radius 2 is 2.07 bits per heavy atom. The smallest absolute Gasteiger partial charge is 0.0584 e. The van der Waals surface area contributed by atoms with Gasteiger partial charge in [0.15, 0.2) is 0 Å². The van der Waals surface area contributed by atoms with E-state index in [1.807, 2.05) is 0 Å². The third-order valence-electron chi connectivity index (χ3n) is 3.57. The van der Waals surface area contributed by atoms with E-state index >= 15 is 0 Å². The zero-order valence-electron chi connectivity index (χ0n) is 10.7. The summed E-state index contributed by atoms with van der Waals surface area (Å²) >= 11 is 0. The van der Waals surface area contributed by atoms with E-state index < -0.39 is 0 Å². The van der Waals surface area contributed by atoms with Crippen molar-refractivity contribution in [2.24, 2.45) is 11.3 Å². The van der Waals surface area contributed by atoms with Crippen LogP contribution in [-0.4, -0.2) is 23.8 Å². The van der Waals surface area contributed by atoms with Crippen molar-refractivity contribution in [1.29, 1.82) is 0 Å². The lowest BCUT2D eigenvalue weighted by atomic mass is 9.70. The molecule has 0 aromatic rings. The summed E-state index contributed by atoms with van der Waals surface area (Å²) in [5.41, 5.74) is 0.461. The summed E-state index contributed by atoms with van der Waals surface area (Å²) in [6.45, 7) is 9.46. The molecule has 2 heteroatoms. The van der Waals surface area contributed by atoms with Gasteiger partial charge in [-0.2, -0.15) is 0 Å². The molecule has 0 bridgehead atoms. The van der Waals surface area contributed by atoms with Gasteiger partial charge in [-0.25, -0.2) is 0 Å². The normalized spacial score (nSPS) is 32.6. The van der Waals surface area contributed by atoms with E-state index in [4.69, 9.17) is 0 Å². The van der Waals surface area contributed by atoms with Gasteiger partial charge in [-0.1, -0.05) is 27.7 Å². The zero-order valence-corrected chi connectivity index (χ0v) is 10.7. The second-order valence-corrected chi connectivity index (χ2v) is 6.06. The summed E-state index contributed by atoms with van der Waals surface area (Å²) in [6.07, 6.45) is 4.86. The molecule has 3 atom stereocenters. The lowest BCUT2D eigenvalue weighted by molar-refractivity contribution is 0.131. The van der Waals surface area contributed by atoms with E-state index in [-0.39, 0.29) is 12.6 Å². The van der Waals surface area contributed by atoms with Crippen molar-refractivity contribution in [3.05, 3.63) is 0 Å². The second-order valence-electron chi connectivity index (χ2n) is 6.06. The van der Waals surface area contributed by atoms with Crippen molar-refractivity contribution in [3.8, 4) is 0 Å². The Hall–Kier alpha value is -0.0800. The molecule has 1 rings (SSSR count). The van der Waals surface area contributed by atoms with Gasteiger partial charge in [0.2, 0.25) is 0 Å². The van der Waals surface area contributed by atoms with Crippen LogP contribution in [0.25, 0.3) is 0 Å². The molecule has 0 aliphatic heterocycles. The average Bonchev–Trinajstić information content (AvgIpc) is 2.10. The fourth-order valence-corrected chi connectivity index (χ4v) is 3.11. The minimum Gasteiger partial charge on any atom is -0.395 e. The van der Waals surface area contributed by atoms with E-state index in [0.29, 0.717) is 11.5 Å². The number of rotatable bonds is 4. The molecule has 15 heavy (non-hydrogen) atoms. The molecule has 90 valence electrons. The predicted molar refractivity (Wildman–Crippen MR) is 64.9 cm³/mol. The van der Waals surface area contributed by atoms with Gasteiger partial charge >= 0.3 is 0 Å². The van der Waals surface area contributed by atoms with Gasteiger partial charge in [0.05, 0.1) is 6.61 Å². The number of aliphatic hydroxyl groups excluding tert-OH is 1. The predicted octanol–water partition coefficient (Wildman–Crippen LogP) is 2.56. The number of aliphatic hydroxyl groups is 1. The molecule has 2 nitrogen and oxygen atoms in total. The molecule has 0 heterocycles. The summed E-state index contributed by atoms with van der Waals surface area (Å²) in [4.78, 5) is 0. The van der Waals surface area contributed by atoms with Crippen LogP contribution in [0.15, 0.2) is 0 Å². The van der Waals surface area contributed by atoms with Crippen LogP contribution in [0, 0.1) is 11.3 Å². The number of hydrogen-bond acceptors (Lipinski definition) is 2. The van der Waals surface area contributed by atoms with Crippen molar-refractivity contribution in [2.45, 2.75) is 65.5 Å². The van der Waals surface area contributed by atoms with Gasteiger partial charge in [-0.3, -0.25) is 0 Å². The first-order valence-electron chi connectivity index (χ1n) is 6.33. The van der Waals surface area contributed by atoms with Crippen LogP contribution in [0.2, 0.25) is 0 Å². The molecular formula is C13H27NO. The molecule has 2 N–H and O–H groups in total. The van der Waals surface area contributed by atoms with Gasteiger partial charge in [-0.15, -0.1) is 0 Å². The highest BCUT2D eigenvalue weighted by molar-refractivity contribution is 4.87. The standard InChI is InChI=1S/C13H27NO/c1-5-11(9-15)14-12-6-10(2)7-13(3,4)8-12/h10-12,14-15H,5-9H2,1-4H3/t10?,11-,12?/m1/s1. The van der Waals surface area contributed by atoms with Crippen LogP contribution < -0.4 is 5.32 Å². The molecule has 1 fully saturated rings. The summed E-state index contributed by atoms with van der Waals surface area (Å²) in [5.74, 6) is 0.808. The van der Waals surface area contributed by atoms with Gasteiger partial charge in [0.25, 0.3) is 0 Å². The summed E-state index contributed by atoms with van der Waals surface area (Å²) < 4.78 is 0. The minimum atomic E-state index is 0.266. The third-order valence-corrected chi connectivity index (χ3v) is 3.57. The fraction of sp³-hybridized carbons (Fsp3) is 1.00. The molecule has 1 aliphatic carbocycles. The maximum atomic E-state index is 9.19. The first kappa shape index (κ1) is 13.0. The van der Waals surface area contributed by atoms with Crippen LogP contribution >= 0.6 is 0 Å². The van der Waals surface area contributed by atoms with Crippen LogP contribution in [0.3, 0.4) is 0 Å². The van der Waals surface area contributed by atoms with Gasteiger partial charge < -0.3 is 10.4 Å². The first-order chi connectivity index (χ1) is 6.96. The van der Waals surface area contributed by atoms with Crippen molar-refractivity contribution < 1.29 is 5.11 Å². The molecular weight excluding hydrogens is 186 g/mol. The lowest BCUT2D eigenvalue weighted by Crippen LogP contribution is -2.46. The molecule has 0 amide bonds. The van der Waals surface area contributed by atoms with Crippen LogP contribution in [0.4, 0.5) is 0 Å². The molecule has 1 saturated carbocycles. The highest BCUT2D eigenvalue weighted by Gasteiger charge is 2.32. The summed E-state index contributed by atoms with van der Waals surface area (Å²) in [6, 6.07) is 0.886. The van der Waals surface area contributed by atoms with Crippen LogP contribution in [-0.2, 0) is 0 Å². The molecule has 1 aliphatic rings. The maximum absolute atomic E-state index is 9.19. The SMILES string of the molecule is CC[C@H](CO)NC1CC(C)CC(C)(C)C1. The Labute approximate surface area is 94.5 Å². The molecule has 0 aromatic carbocycles. The van der Waals surface area contributed by atoms with Crippen molar-refractivity contribution >= 4 is 0 Å². The first-order valence-corrected chi connectivity index (χ1v) is 6.33. The van der Waals surface area contributed by atoms with Crippen molar-refractivity contribution in [3.63, 3.8) is 0 Å². The van der Waals surface area contributed by atoms with Crippen molar-refractivity contribution in [1.82, 2.24) is 5.32 Å². The van der Waals surface area contributed by atoms with Crippen molar-refractivity contribution in [2.75, 3.05) is 6.61 Å². The van der Waals surface area contributed by atoms with Gasteiger partial charge in [0, 0.05) is 12.1 Å². The highest BCUT2D eigenvalue weighted by atomic mass is 16.3. The van der Waals surface area contributed by atoms with E-state index in [0.717, 1.165) is 12.3 Å². The number of hydrogen-bond donors (Lipinski definition) is 2. The Bertz CT molecular complexity index is 187. The molecule has 0 radical (unpaired) electrons. The largest absolute Gasteiger partial charge is 0.395 e. The molecule has 2 unspecified atom stereocenters. The van der Waals surface area contributed by atoms with E-state index in [1.54, 1.807) is 0 Å². The highest BCUT2D eigenvalue weighted by Crippen LogP contribution is 2.38. The number of nitrogens with one attached hydrogen (secondary N) is 1. The molecule has 0 saturated heterocycles. The topological polar surface area (TPSA) is 32.3 Å². The average molecular weight is 213 g/mol. The third kappa shape index (κ3) is 4.12. The summed E-state index contributed by atoms with van der Waals surface area (Å²) in [7, 11) is 0. The second kappa shape index (κ2) is 5.31. The van der Waals surface area contributed by atoms with Crippen LogP contribution in [0.1, 0.15) is 53.4 Å². The Balaban J connectivity index is 2.47. The van der Waals surface area contributed by atoms with Crippen LogP contribution in [0.5, 0.6) is 0 Å². The van der Waals surface area contributed by atoms with E-state index in [2.05, 4.69) is 33.0 Å². The van der Waals surface area contributed by atoms with E-state index in [1.165, 1.54) is 19.3 Å². The van der Waals surface area contributed by atoms with E-state index in [9.17, 15) is 5.11 Å². The van der Waals surface area contributed by atoms with Gasteiger partial charge in [0.1, 0.15) is 0 Å². The Morgan fingerprint density at radius 1 is 1.40 bits per heavy atom. The molecule has 0 spiro atoms. The molecule has 0 aromatic heterocycles. The summed E-state index contributed by atoms with van der Waals surface area (Å²) in [5, 5.41) is 12.8. The fourth-order valence-electron chi connectivity index (χ4n) is 3.11. The Kier molecular flexibility index (Phi) is 4.60. The quantitative estimate of drug-likeness (QED) is 0.752. The lowest BCUT2D eigenvalue weighted by Gasteiger charge is -2.40. The minimum absolute atomic E-state index is 0.266. The Morgan fingerprint density at radius 3 is 2.53 bits per heavy atom. The maximum Gasteiger partial charge on any atom is 0.0584 e. The van der Waals surface area contributed by atoms with Gasteiger partial charge in [-0.05, 0) is 37.0 Å². The zero-order chi connectivity index (χ0) is 11.5. The monoisotopic (exact) mass is 213 g/mol.